The van der Waals surface area contributed by atoms with E-state index in [9.17, 15) is 0 Å². The van der Waals surface area contributed by atoms with Gasteiger partial charge in [0.2, 0.25) is 0 Å². The number of anilines is 1. The fourth-order valence-electron chi connectivity index (χ4n) is 1.60. The van der Waals surface area contributed by atoms with Crippen LogP contribution in [0, 0.1) is 3.57 Å². The summed E-state index contributed by atoms with van der Waals surface area (Å²) in [6.07, 6.45) is 3.47. The van der Waals surface area contributed by atoms with Crippen LogP contribution in [-0.2, 0) is 5.41 Å². The Labute approximate surface area is 120 Å². The van der Waals surface area contributed by atoms with E-state index in [1.165, 1.54) is 0 Å². The van der Waals surface area contributed by atoms with Crippen molar-refractivity contribution in [3.63, 3.8) is 0 Å². The van der Waals surface area contributed by atoms with Crippen molar-refractivity contribution in [3.05, 3.63) is 21.7 Å². The number of nitrogens with zero attached hydrogens (tertiary/aromatic N) is 3. The number of halogens is 1. The van der Waals surface area contributed by atoms with E-state index in [1.54, 1.807) is 12.4 Å². The molecule has 96 valence electrons. The Balaban J connectivity index is 2.64. The van der Waals surface area contributed by atoms with Gasteiger partial charge in [0.15, 0.2) is 11.6 Å². The molecule has 0 atom stereocenters. The molecule has 0 aliphatic rings. The molecule has 2 aromatic heterocycles. The number of rotatable bonds is 2. The highest BCUT2D eigenvalue weighted by Gasteiger charge is 2.23. The molecule has 0 aliphatic heterocycles. The number of imidazole rings is 1. The molecule has 0 aromatic carbocycles. The molecule has 2 N–H and O–H groups in total. The smallest absolute Gasteiger partial charge is 0.197 e. The molecule has 2 rings (SSSR count). The molecule has 18 heavy (non-hydrogen) atoms. The van der Waals surface area contributed by atoms with Crippen molar-refractivity contribution in [1.82, 2.24) is 19.9 Å². The average Bonchev–Trinajstić information content (AvgIpc) is 2.81. The van der Waals surface area contributed by atoms with Crippen LogP contribution in [0.15, 0.2) is 12.4 Å². The van der Waals surface area contributed by atoms with E-state index >= 15 is 0 Å². The number of nitrogens with one attached hydrogen (secondary N) is 2. The van der Waals surface area contributed by atoms with Crippen LogP contribution >= 0.6 is 22.6 Å². The molecule has 0 saturated carbocycles. The lowest BCUT2D eigenvalue weighted by molar-refractivity contribution is 0.564. The average molecular weight is 357 g/mol. The SMILES string of the molecule is CNc1nc(-c2ncc[nH]2)nc(C(C)(C)C)c1I. The van der Waals surface area contributed by atoms with Gasteiger partial charge in [-0.05, 0) is 22.6 Å². The second-order valence-corrected chi connectivity index (χ2v) is 6.07. The minimum absolute atomic E-state index is 0.0353. The van der Waals surface area contributed by atoms with Crippen LogP contribution in [0.2, 0.25) is 0 Å². The molecule has 2 aromatic rings. The molecule has 5 nitrogen and oxygen atoms in total. The van der Waals surface area contributed by atoms with Crippen molar-refractivity contribution in [3.8, 4) is 11.6 Å². The van der Waals surface area contributed by atoms with E-state index in [-0.39, 0.29) is 5.41 Å². The Kier molecular flexibility index (Phi) is 3.56. The fraction of sp³-hybridized carbons (Fsp3) is 0.417. The van der Waals surface area contributed by atoms with Crippen molar-refractivity contribution in [1.29, 1.82) is 0 Å². The maximum Gasteiger partial charge on any atom is 0.197 e. The standard InChI is InChI=1S/C12H16IN5/c1-12(2,3)8-7(13)9(14-4)18-11(17-8)10-15-5-6-16-10/h5-6H,1-4H3,(H,15,16)(H,14,17,18). The molecule has 0 radical (unpaired) electrons. The highest BCUT2D eigenvalue weighted by Crippen LogP contribution is 2.30. The molecule has 0 aliphatic carbocycles. The first-order valence-electron chi connectivity index (χ1n) is 5.69. The van der Waals surface area contributed by atoms with Crippen molar-refractivity contribution in [2.45, 2.75) is 26.2 Å². The third kappa shape index (κ3) is 2.47. The van der Waals surface area contributed by atoms with Gasteiger partial charge in [-0.15, -0.1) is 0 Å². The predicted molar refractivity (Wildman–Crippen MR) is 80.6 cm³/mol. The second kappa shape index (κ2) is 4.83. The Morgan fingerprint density at radius 2 is 2.00 bits per heavy atom. The summed E-state index contributed by atoms with van der Waals surface area (Å²) in [6, 6.07) is 0. The van der Waals surface area contributed by atoms with Gasteiger partial charge in [-0.2, -0.15) is 0 Å². The van der Waals surface area contributed by atoms with Crippen LogP contribution in [0.25, 0.3) is 11.6 Å². The summed E-state index contributed by atoms with van der Waals surface area (Å²) in [4.78, 5) is 16.4. The monoisotopic (exact) mass is 357 g/mol. The maximum absolute atomic E-state index is 4.64. The van der Waals surface area contributed by atoms with E-state index in [0.29, 0.717) is 11.6 Å². The molecule has 0 bridgehead atoms. The summed E-state index contributed by atoms with van der Waals surface area (Å²) in [5.74, 6) is 2.14. The summed E-state index contributed by atoms with van der Waals surface area (Å²) in [5.41, 5.74) is 0.987. The lowest BCUT2D eigenvalue weighted by atomic mass is 9.92. The zero-order chi connectivity index (χ0) is 13.3. The van der Waals surface area contributed by atoms with Gasteiger partial charge in [0, 0.05) is 24.9 Å². The Hall–Kier alpha value is -1.18. The van der Waals surface area contributed by atoms with Crippen molar-refractivity contribution < 1.29 is 0 Å². The molecule has 6 heteroatoms. The van der Waals surface area contributed by atoms with E-state index in [4.69, 9.17) is 0 Å². The first kappa shape index (κ1) is 13.3. The zero-order valence-electron chi connectivity index (χ0n) is 10.9. The van der Waals surface area contributed by atoms with E-state index in [1.807, 2.05) is 7.05 Å². The largest absolute Gasteiger partial charge is 0.372 e. The molecule has 0 saturated heterocycles. The van der Waals surface area contributed by atoms with Crippen molar-refractivity contribution >= 4 is 28.4 Å². The third-order valence-electron chi connectivity index (χ3n) is 2.51. The lowest BCUT2D eigenvalue weighted by Gasteiger charge is -2.21. The highest BCUT2D eigenvalue weighted by atomic mass is 127. The van der Waals surface area contributed by atoms with Gasteiger partial charge in [-0.25, -0.2) is 15.0 Å². The van der Waals surface area contributed by atoms with E-state index in [2.05, 4.69) is 68.6 Å². The van der Waals surface area contributed by atoms with E-state index < -0.39 is 0 Å². The maximum atomic E-state index is 4.64. The highest BCUT2D eigenvalue weighted by molar-refractivity contribution is 14.1. The number of aromatic nitrogens is 4. The summed E-state index contributed by atoms with van der Waals surface area (Å²) in [5, 5.41) is 3.11. The van der Waals surface area contributed by atoms with Gasteiger partial charge in [-0.3, -0.25) is 0 Å². The summed E-state index contributed by atoms with van der Waals surface area (Å²) < 4.78 is 1.05. The van der Waals surface area contributed by atoms with E-state index in [0.717, 1.165) is 15.1 Å². The number of hydrogen-bond acceptors (Lipinski definition) is 4. The van der Waals surface area contributed by atoms with Gasteiger partial charge < -0.3 is 10.3 Å². The van der Waals surface area contributed by atoms with Crippen molar-refractivity contribution in [2.75, 3.05) is 12.4 Å². The van der Waals surface area contributed by atoms with Gasteiger partial charge in [0.25, 0.3) is 0 Å². The van der Waals surface area contributed by atoms with Crippen LogP contribution in [0.4, 0.5) is 5.82 Å². The third-order valence-corrected chi connectivity index (χ3v) is 3.53. The first-order chi connectivity index (χ1) is 8.43. The summed E-state index contributed by atoms with van der Waals surface area (Å²) in [7, 11) is 1.86. The quantitative estimate of drug-likeness (QED) is 0.812. The molecule has 0 unspecified atom stereocenters. The summed E-state index contributed by atoms with van der Waals surface area (Å²) >= 11 is 2.28. The van der Waals surface area contributed by atoms with Gasteiger partial charge in [-0.1, -0.05) is 20.8 Å². The minimum atomic E-state index is -0.0353. The fourth-order valence-corrected chi connectivity index (χ4v) is 2.92. The van der Waals surface area contributed by atoms with Gasteiger partial charge >= 0.3 is 0 Å². The molecular formula is C12H16IN5. The van der Waals surface area contributed by atoms with Crippen LogP contribution < -0.4 is 5.32 Å². The number of H-pyrrole nitrogens is 1. The minimum Gasteiger partial charge on any atom is -0.372 e. The molecule has 0 spiro atoms. The Morgan fingerprint density at radius 3 is 2.50 bits per heavy atom. The van der Waals surface area contributed by atoms with Crippen LogP contribution in [0.3, 0.4) is 0 Å². The van der Waals surface area contributed by atoms with Crippen LogP contribution in [0.5, 0.6) is 0 Å². The topological polar surface area (TPSA) is 66.5 Å². The number of hydrogen-bond donors (Lipinski definition) is 2. The second-order valence-electron chi connectivity index (χ2n) is 5.00. The molecule has 0 fully saturated rings. The normalized spacial score (nSPS) is 11.6. The van der Waals surface area contributed by atoms with Gasteiger partial charge in [0.05, 0.1) is 9.26 Å². The van der Waals surface area contributed by atoms with Crippen LogP contribution in [-0.4, -0.2) is 27.0 Å². The number of aromatic amines is 1. The summed E-state index contributed by atoms with van der Waals surface area (Å²) in [6.45, 7) is 6.43. The zero-order valence-corrected chi connectivity index (χ0v) is 13.0. The predicted octanol–water partition coefficient (Wildman–Crippen LogP) is 2.81. The Morgan fingerprint density at radius 1 is 1.28 bits per heavy atom. The molecular weight excluding hydrogens is 341 g/mol. The molecule has 2 heterocycles. The Bertz CT molecular complexity index is 542. The van der Waals surface area contributed by atoms with Gasteiger partial charge in [0.1, 0.15) is 5.82 Å². The molecule has 0 amide bonds. The first-order valence-corrected chi connectivity index (χ1v) is 6.77. The van der Waals surface area contributed by atoms with Crippen molar-refractivity contribution in [2.24, 2.45) is 0 Å². The lowest BCUT2D eigenvalue weighted by Crippen LogP contribution is -2.18. The van der Waals surface area contributed by atoms with Crippen LogP contribution in [0.1, 0.15) is 26.5 Å².